The number of carbonyl (C=O) groups excluding carboxylic acids is 6. The molecular formula is C41H64N4O8. The van der Waals surface area contributed by atoms with Crippen LogP contribution in [0.3, 0.4) is 0 Å². The molecular weight excluding hydrogens is 676 g/mol. The number of likely N-dealkylation sites (N-methyl/N-ethyl adjacent to an activating group) is 2. The molecule has 12 nitrogen and oxygen atoms in total. The van der Waals surface area contributed by atoms with Crippen molar-refractivity contribution in [3.8, 4) is 0 Å². The third-order valence-electron chi connectivity index (χ3n) is 11.0. The van der Waals surface area contributed by atoms with Crippen molar-refractivity contribution in [2.75, 3.05) is 20.6 Å². The van der Waals surface area contributed by atoms with Gasteiger partial charge in [0.2, 0.25) is 17.7 Å². The number of unbranched alkanes of at least 4 members (excludes halogenated alkanes) is 2. The molecule has 2 heterocycles. The Morgan fingerprint density at radius 2 is 1.47 bits per heavy atom. The van der Waals surface area contributed by atoms with Crippen LogP contribution >= 0.6 is 0 Å². The number of amides is 4. The van der Waals surface area contributed by atoms with Crippen molar-refractivity contribution in [3.05, 3.63) is 35.9 Å². The van der Waals surface area contributed by atoms with E-state index in [2.05, 4.69) is 12.2 Å². The van der Waals surface area contributed by atoms with Gasteiger partial charge in [0, 0.05) is 27.1 Å². The normalized spacial score (nSPS) is 27.9. The van der Waals surface area contributed by atoms with E-state index in [9.17, 15) is 28.8 Å². The highest BCUT2D eigenvalue weighted by Crippen LogP contribution is 2.28. The van der Waals surface area contributed by atoms with Crippen LogP contribution in [-0.2, 0) is 44.7 Å². The van der Waals surface area contributed by atoms with Crippen molar-refractivity contribution in [2.45, 2.75) is 143 Å². The van der Waals surface area contributed by atoms with Gasteiger partial charge in [0.15, 0.2) is 6.10 Å². The Balaban J connectivity index is 2.18. The van der Waals surface area contributed by atoms with E-state index in [1.807, 2.05) is 58.0 Å². The van der Waals surface area contributed by atoms with Gasteiger partial charge in [0.05, 0.1) is 5.92 Å². The number of cyclic esters (lactones) is 2. The Morgan fingerprint density at radius 3 is 2.06 bits per heavy atom. The fourth-order valence-corrected chi connectivity index (χ4v) is 7.27. The second-order valence-electron chi connectivity index (χ2n) is 15.7. The van der Waals surface area contributed by atoms with Crippen molar-refractivity contribution < 1.29 is 38.2 Å². The maximum absolute atomic E-state index is 14.3. The summed E-state index contributed by atoms with van der Waals surface area (Å²) in [5, 5.41) is 2.92. The summed E-state index contributed by atoms with van der Waals surface area (Å²) in [6.07, 6.45) is 2.51. The van der Waals surface area contributed by atoms with Gasteiger partial charge in [-0.05, 0) is 49.0 Å². The molecule has 0 spiro atoms. The second-order valence-corrected chi connectivity index (χ2v) is 15.7. The number of esters is 2. The van der Waals surface area contributed by atoms with Gasteiger partial charge < -0.3 is 29.5 Å². The predicted molar refractivity (Wildman–Crippen MR) is 202 cm³/mol. The first-order chi connectivity index (χ1) is 25.0. The Morgan fingerprint density at radius 1 is 0.811 bits per heavy atom. The van der Waals surface area contributed by atoms with Gasteiger partial charge in [0.25, 0.3) is 5.91 Å². The van der Waals surface area contributed by atoms with Crippen molar-refractivity contribution in [2.24, 2.45) is 23.7 Å². The largest absolute Gasteiger partial charge is 0.460 e. The Hall–Kier alpha value is -3.96. The average molecular weight is 741 g/mol. The first kappa shape index (κ1) is 43.4. The van der Waals surface area contributed by atoms with Crippen LogP contribution in [0.15, 0.2) is 30.3 Å². The van der Waals surface area contributed by atoms with Crippen LogP contribution in [0.4, 0.5) is 0 Å². The molecule has 0 radical (unpaired) electrons. The molecule has 0 aromatic heterocycles. The number of hydrogen-bond acceptors (Lipinski definition) is 8. The molecule has 296 valence electrons. The third-order valence-corrected chi connectivity index (χ3v) is 11.0. The maximum atomic E-state index is 14.3. The third kappa shape index (κ3) is 10.8. The van der Waals surface area contributed by atoms with E-state index in [4.69, 9.17) is 9.47 Å². The molecule has 1 N–H and O–H groups in total. The number of rotatable bonds is 10. The van der Waals surface area contributed by atoms with E-state index < -0.39 is 83.8 Å². The molecule has 4 amide bonds. The zero-order valence-electron chi connectivity index (χ0n) is 33.6. The molecule has 53 heavy (non-hydrogen) atoms. The summed E-state index contributed by atoms with van der Waals surface area (Å²) in [7, 11) is 3.07. The molecule has 0 aliphatic carbocycles. The van der Waals surface area contributed by atoms with Crippen LogP contribution < -0.4 is 5.32 Å². The first-order valence-corrected chi connectivity index (χ1v) is 19.6. The second kappa shape index (κ2) is 19.9. The van der Waals surface area contributed by atoms with E-state index >= 15 is 0 Å². The Labute approximate surface area is 316 Å². The summed E-state index contributed by atoms with van der Waals surface area (Å²) in [4.78, 5) is 89.4. The van der Waals surface area contributed by atoms with Crippen LogP contribution in [0.1, 0.15) is 106 Å². The molecule has 0 bridgehead atoms. The van der Waals surface area contributed by atoms with Crippen LogP contribution in [0.2, 0.25) is 0 Å². The van der Waals surface area contributed by atoms with Crippen LogP contribution in [-0.4, -0.2) is 107 Å². The minimum absolute atomic E-state index is 0.109. The lowest BCUT2D eigenvalue weighted by molar-refractivity contribution is -0.171. The van der Waals surface area contributed by atoms with Crippen molar-refractivity contribution >= 4 is 35.6 Å². The van der Waals surface area contributed by atoms with E-state index in [0.717, 1.165) is 18.4 Å². The summed E-state index contributed by atoms with van der Waals surface area (Å²) < 4.78 is 12.2. The lowest BCUT2D eigenvalue weighted by Crippen LogP contribution is -2.57. The smallest absolute Gasteiger partial charge is 0.329 e. The molecule has 2 saturated heterocycles. The highest BCUT2D eigenvalue weighted by Gasteiger charge is 2.45. The van der Waals surface area contributed by atoms with Crippen LogP contribution in [0, 0.1) is 23.7 Å². The number of nitrogens with zero attached hydrogens (tertiary/aromatic N) is 3. The Kier molecular flexibility index (Phi) is 16.3. The van der Waals surface area contributed by atoms with Crippen molar-refractivity contribution in [1.29, 1.82) is 0 Å². The zero-order valence-corrected chi connectivity index (χ0v) is 33.6. The fraction of sp³-hybridized carbons (Fsp3) is 0.707. The minimum atomic E-state index is -1.23. The van der Waals surface area contributed by atoms with Gasteiger partial charge in [-0.3, -0.25) is 19.2 Å². The summed E-state index contributed by atoms with van der Waals surface area (Å²) in [6, 6.07) is 5.24. The van der Waals surface area contributed by atoms with Crippen molar-refractivity contribution in [3.63, 3.8) is 0 Å². The number of carbonyl (C=O) groups is 6. The molecule has 3 unspecified atom stereocenters. The summed E-state index contributed by atoms with van der Waals surface area (Å²) in [6.45, 7) is 15.0. The molecule has 8 atom stereocenters. The number of fused-ring (bicyclic) bond motifs is 1. The fourth-order valence-electron chi connectivity index (χ4n) is 7.27. The molecule has 1 aromatic carbocycles. The zero-order chi connectivity index (χ0) is 39.6. The maximum Gasteiger partial charge on any atom is 0.329 e. The lowest BCUT2D eigenvalue weighted by Gasteiger charge is -2.37. The highest BCUT2D eigenvalue weighted by molar-refractivity contribution is 5.95. The van der Waals surface area contributed by atoms with Crippen LogP contribution in [0.25, 0.3) is 0 Å². The van der Waals surface area contributed by atoms with E-state index in [0.29, 0.717) is 32.1 Å². The molecule has 2 aliphatic rings. The molecule has 12 heteroatoms. The van der Waals surface area contributed by atoms with Gasteiger partial charge in [-0.15, -0.1) is 0 Å². The van der Waals surface area contributed by atoms with Crippen molar-refractivity contribution in [1.82, 2.24) is 20.0 Å². The monoisotopic (exact) mass is 740 g/mol. The van der Waals surface area contributed by atoms with Gasteiger partial charge in [-0.2, -0.15) is 0 Å². The SMILES string of the molecule is CCCCCC1OC(=O)[C@H](C(C)CC)N(C)C(=O)[C@@H]2CCCN2C(=O)[C@H](C(C)C)OC(=O)[C@H](Cc2ccccc2)N(C)C(=O)[C@H](C(C)C)NC(=O)C1C. The minimum Gasteiger partial charge on any atom is -0.460 e. The molecule has 2 fully saturated rings. The highest BCUT2D eigenvalue weighted by atomic mass is 16.6. The van der Waals surface area contributed by atoms with E-state index in [-0.39, 0.29) is 24.8 Å². The number of nitrogens with one attached hydrogen (secondary N) is 1. The predicted octanol–water partition coefficient (Wildman–Crippen LogP) is 4.77. The topological polar surface area (TPSA) is 143 Å². The summed E-state index contributed by atoms with van der Waals surface area (Å²) in [5.41, 5.74) is 0.777. The lowest BCUT2D eigenvalue weighted by atomic mass is 9.94. The molecule has 3 rings (SSSR count). The quantitative estimate of drug-likeness (QED) is 0.267. The Bertz CT molecular complexity index is 1420. The first-order valence-electron chi connectivity index (χ1n) is 19.6. The molecule has 0 saturated carbocycles. The van der Waals surface area contributed by atoms with Gasteiger partial charge >= 0.3 is 11.9 Å². The van der Waals surface area contributed by atoms with E-state index in [1.165, 1.54) is 21.7 Å². The summed E-state index contributed by atoms with van der Waals surface area (Å²) >= 11 is 0. The number of hydrogen-bond donors (Lipinski definition) is 1. The van der Waals surface area contributed by atoms with Gasteiger partial charge in [-0.1, -0.05) is 105 Å². The molecule has 1 aromatic rings. The molecule has 2 aliphatic heterocycles. The van der Waals surface area contributed by atoms with Gasteiger partial charge in [-0.25, -0.2) is 9.59 Å². The van der Waals surface area contributed by atoms with Gasteiger partial charge in [0.1, 0.15) is 30.3 Å². The number of benzene rings is 1. The average Bonchev–Trinajstić information content (AvgIpc) is 3.63. The van der Waals surface area contributed by atoms with E-state index in [1.54, 1.807) is 27.8 Å². The van der Waals surface area contributed by atoms with Crippen LogP contribution in [0.5, 0.6) is 0 Å². The standard InChI is InChI=1S/C41H64N4O8/c1-11-13-15-22-32-28(8)36(46)42-33(25(3)4)38(48)43(9)31(24-29-19-16-14-17-20-29)40(50)53-35(26(5)6)39(49)45-23-18-21-30(45)37(47)44(10)34(27(7)12-2)41(51)52-32/h14,16-17,19-20,25-28,30-35H,11-13,15,18,21-24H2,1-10H3,(H,42,46)/t27?,28?,30-,31-,32?,33-,34-,35-/m0/s1. The summed E-state index contributed by atoms with van der Waals surface area (Å²) in [5.74, 6) is -5.16. The number of ether oxygens (including phenoxy) is 2.